The number of rotatable bonds is 4. The van der Waals surface area contributed by atoms with E-state index < -0.39 is 0 Å². The van der Waals surface area contributed by atoms with Crippen LogP contribution in [0.25, 0.3) is 11.0 Å². The van der Waals surface area contributed by atoms with Gasteiger partial charge in [-0.25, -0.2) is 4.98 Å². The normalized spacial score (nSPS) is 20.6. The number of nitriles is 1. The monoisotopic (exact) mass is 491 g/mol. The number of hydrogen-bond donors (Lipinski definition) is 0. The molecule has 0 N–H and O–H groups in total. The van der Waals surface area contributed by atoms with Crippen LogP contribution >= 0.6 is 11.6 Å². The van der Waals surface area contributed by atoms with Crippen LogP contribution in [0.1, 0.15) is 49.6 Å². The Morgan fingerprint density at radius 1 is 1.26 bits per heavy atom. The number of benzene rings is 1. The lowest BCUT2D eigenvalue weighted by Crippen LogP contribution is -2.62. The molecule has 0 amide bonds. The molecule has 5 rings (SSSR count). The number of piperazine rings is 1. The second kappa shape index (κ2) is 9.18. The molecule has 2 aliphatic heterocycles. The van der Waals surface area contributed by atoms with Crippen molar-refractivity contribution in [1.82, 2.24) is 14.5 Å². The standard InChI is InChI=1S/C27H30ClN5O2/c1-5-19-13-33-20(14-32(19)22(6-2)17-8-7-16(3)21(28)11-17)15-35-26-25(33)24-23(31(4)27(26)34)10-9-18(12-29)30-24/h7-11,19-20,22H,5-6,13-15H2,1-4H3/t19-,20+,22?/m1/s1. The van der Waals surface area contributed by atoms with Crippen molar-refractivity contribution in [3.05, 3.63) is 62.5 Å². The highest BCUT2D eigenvalue weighted by molar-refractivity contribution is 6.31. The molecule has 3 aromatic rings. The number of fused-ring (bicyclic) bond motifs is 5. The molecular weight excluding hydrogens is 462 g/mol. The molecule has 0 saturated carbocycles. The number of halogens is 1. The molecule has 0 radical (unpaired) electrons. The van der Waals surface area contributed by atoms with E-state index in [2.05, 4.69) is 52.9 Å². The van der Waals surface area contributed by atoms with Crippen LogP contribution in [0.3, 0.4) is 0 Å². The van der Waals surface area contributed by atoms with Crippen LogP contribution in [0.5, 0.6) is 5.75 Å². The zero-order valence-corrected chi connectivity index (χ0v) is 21.3. The maximum atomic E-state index is 13.2. The highest BCUT2D eigenvalue weighted by Gasteiger charge is 2.42. The molecule has 4 heterocycles. The Bertz CT molecular complexity index is 1400. The zero-order valence-electron chi connectivity index (χ0n) is 20.6. The number of hydrogen-bond acceptors (Lipinski definition) is 6. The summed E-state index contributed by atoms with van der Waals surface area (Å²) in [6.45, 7) is 8.45. The third-order valence-electron chi connectivity index (χ3n) is 7.57. The van der Waals surface area contributed by atoms with E-state index in [1.165, 1.54) is 5.56 Å². The number of ether oxygens (including phenoxy) is 1. The Morgan fingerprint density at radius 3 is 2.74 bits per heavy atom. The van der Waals surface area contributed by atoms with E-state index in [0.29, 0.717) is 29.1 Å². The first-order chi connectivity index (χ1) is 16.9. The summed E-state index contributed by atoms with van der Waals surface area (Å²) in [5.41, 5.74) is 4.53. The van der Waals surface area contributed by atoms with E-state index >= 15 is 0 Å². The molecule has 8 heteroatoms. The van der Waals surface area contributed by atoms with Crippen LogP contribution in [-0.2, 0) is 7.05 Å². The van der Waals surface area contributed by atoms with Gasteiger partial charge in [0.1, 0.15) is 29.6 Å². The van der Waals surface area contributed by atoms with Crippen LogP contribution in [0.4, 0.5) is 5.69 Å². The minimum atomic E-state index is -0.173. The highest BCUT2D eigenvalue weighted by Crippen LogP contribution is 2.41. The molecule has 7 nitrogen and oxygen atoms in total. The molecule has 182 valence electrons. The van der Waals surface area contributed by atoms with E-state index in [4.69, 9.17) is 16.3 Å². The van der Waals surface area contributed by atoms with E-state index in [1.54, 1.807) is 23.7 Å². The second-order valence-electron chi connectivity index (χ2n) is 9.53. The highest BCUT2D eigenvalue weighted by atomic mass is 35.5. The second-order valence-corrected chi connectivity index (χ2v) is 9.93. The van der Waals surface area contributed by atoms with E-state index in [1.807, 2.05) is 6.92 Å². The smallest absolute Gasteiger partial charge is 0.295 e. The van der Waals surface area contributed by atoms with Gasteiger partial charge in [-0.1, -0.05) is 37.6 Å². The van der Waals surface area contributed by atoms with Crippen LogP contribution in [0, 0.1) is 18.3 Å². The number of pyridine rings is 2. The van der Waals surface area contributed by atoms with Crippen molar-refractivity contribution in [2.75, 3.05) is 24.6 Å². The van der Waals surface area contributed by atoms with Crippen molar-refractivity contribution in [2.24, 2.45) is 7.05 Å². The Morgan fingerprint density at radius 2 is 2.06 bits per heavy atom. The zero-order chi connectivity index (χ0) is 24.9. The molecule has 1 saturated heterocycles. The summed E-state index contributed by atoms with van der Waals surface area (Å²) >= 11 is 6.49. The predicted molar refractivity (Wildman–Crippen MR) is 138 cm³/mol. The summed E-state index contributed by atoms with van der Waals surface area (Å²) in [6, 6.07) is 12.6. The van der Waals surface area contributed by atoms with Crippen molar-refractivity contribution >= 4 is 28.3 Å². The predicted octanol–water partition coefficient (Wildman–Crippen LogP) is 4.58. The lowest BCUT2D eigenvalue weighted by molar-refractivity contribution is 0.0720. The van der Waals surface area contributed by atoms with Gasteiger partial charge in [0.25, 0.3) is 5.56 Å². The van der Waals surface area contributed by atoms with Crippen molar-refractivity contribution in [2.45, 2.75) is 51.7 Å². The third-order valence-corrected chi connectivity index (χ3v) is 7.98. The fraction of sp³-hybridized carbons (Fsp3) is 0.444. The van der Waals surface area contributed by atoms with Crippen molar-refractivity contribution in [1.29, 1.82) is 5.26 Å². The molecule has 2 aromatic heterocycles. The molecule has 0 spiro atoms. The van der Waals surface area contributed by atoms with Gasteiger partial charge in [-0.2, -0.15) is 5.26 Å². The Hall–Kier alpha value is -3.08. The molecule has 35 heavy (non-hydrogen) atoms. The summed E-state index contributed by atoms with van der Waals surface area (Å²) in [6.07, 6.45) is 1.94. The first kappa shape index (κ1) is 23.7. The van der Waals surface area contributed by atoms with Gasteiger partial charge in [0.2, 0.25) is 5.75 Å². The van der Waals surface area contributed by atoms with Gasteiger partial charge in [-0.15, -0.1) is 0 Å². The van der Waals surface area contributed by atoms with E-state index in [0.717, 1.165) is 42.2 Å². The fourth-order valence-electron chi connectivity index (χ4n) is 5.62. The maximum absolute atomic E-state index is 13.2. The molecule has 1 aromatic carbocycles. The average molecular weight is 492 g/mol. The topological polar surface area (TPSA) is 74.4 Å². The van der Waals surface area contributed by atoms with Crippen molar-refractivity contribution < 1.29 is 4.74 Å². The van der Waals surface area contributed by atoms with E-state index in [9.17, 15) is 10.1 Å². The van der Waals surface area contributed by atoms with Gasteiger partial charge in [0, 0.05) is 37.2 Å². The Labute approximate surface area is 210 Å². The molecule has 1 unspecified atom stereocenters. The molecular formula is C27H30ClN5O2. The summed E-state index contributed by atoms with van der Waals surface area (Å²) in [7, 11) is 1.72. The molecule has 2 aliphatic rings. The van der Waals surface area contributed by atoms with Crippen LogP contribution in [0.15, 0.2) is 35.1 Å². The van der Waals surface area contributed by atoms with Gasteiger partial charge >= 0.3 is 0 Å². The first-order valence-electron chi connectivity index (χ1n) is 12.2. The lowest BCUT2D eigenvalue weighted by Gasteiger charge is -2.51. The summed E-state index contributed by atoms with van der Waals surface area (Å²) in [5.74, 6) is 0.333. The maximum Gasteiger partial charge on any atom is 0.295 e. The molecule has 3 atom stereocenters. The third kappa shape index (κ3) is 3.85. The Kier molecular flexibility index (Phi) is 6.20. The van der Waals surface area contributed by atoms with Crippen LogP contribution in [-0.4, -0.2) is 46.2 Å². The van der Waals surface area contributed by atoms with E-state index in [-0.39, 0.29) is 23.7 Å². The summed E-state index contributed by atoms with van der Waals surface area (Å²) in [5, 5.41) is 10.3. The van der Waals surface area contributed by atoms with Crippen molar-refractivity contribution in [3.63, 3.8) is 0 Å². The minimum absolute atomic E-state index is 0.0723. The number of aromatic nitrogens is 2. The summed E-state index contributed by atoms with van der Waals surface area (Å²) in [4.78, 5) is 22.7. The number of anilines is 1. The SMILES string of the molecule is CCC(c1ccc(C)c(Cl)c1)N1C[C@H]2COc3c(c4nc(C#N)ccc4n(C)c3=O)N2C[C@H]1CC. The lowest BCUT2D eigenvalue weighted by atomic mass is 9.94. The summed E-state index contributed by atoms with van der Waals surface area (Å²) < 4.78 is 7.67. The Balaban J connectivity index is 1.58. The van der Waals surface area contributed by atoms with Crippen LogP contribution < -0.4 is 15.2 Å². The molecule has 0 bridgehead atoms. The molecule has 0 aliphatic carbocycles. The van der Waals surface area contributed by atoms with Gasteiger partial charge in [-0.05, 0) is 49.1 Å². The molecule has 1 fully saturated rings. The van der Waals surface area contributed by atoms with Gasteiger partial charge in [-0.3, -0.25) is 9.69 Å². The number of nitrogens with zero attached hydrogens (tertiary/aromatic N) is 5. The first-order valence-corrected chi connectivity index (χ1v) is 12.6. The van der Waals surface area contributed by atoms with Gasteiger partial charge < -0.3 is 14.2 Å². The largest absolute Gasteiger partial charge is 0.484 e. The average Bonchev–Trinajstić information content (AvgIpc) is 2.88. The number of aryl methyl sites for hydroxylation is 2. The van der Waals surface area contributed by atoms with Gasteiger partial charge in [0.15, 0.2) is 0 Å². The minimum Gasteiger partial charge on any atom is -0.484 e. The quantitative estimate of drug-likeness (QED) is 0.531. The van der Waals surface area contributed by atoms with Gasteiger partial charge in [0.05, 0.1) is 11.6 Å². The fourth-order valence-corrected chi connectivity index (χ4v) is 5.81. The van der Waals surface area contributed by atoms with Crippen LogP contribution in [0.2, 0.25) is 5.02 Å². The van der Waals surface area contributed by atoms with Crippen molar-refractivity contribution in [3.8, 4) is 11.8 Å².